The molecule has 0 saturated heterocycles. The van der Waals surface area contributed by atoms with E-state index in [0.29, 0.717) is 0 Å². The Morgan fingerprint density at radius 2 is 2.00 bits per heavy atom. The molecule has 4 nitrogen and oxygen atoms in total. The Balaban J connectivity index is 2.49. The van der Waals surface area contributed by atoms with Crippen molar-refractivity contribution in [2.24, 2.45) is 5.92 Å². The lowest BCUT2D eigenvalue weighted by Gasteiger charge is -2.08. The molecule has 0 fully saturated rings. The van der Waals surface area contributed by atoms with E-state index in [9.17, 15) is 0 Å². The Morgan fingerprint density at radius 1 is 1.26 bits per heavy atom. The summed E-state index contributed by atoms with van der Waals surface area (Å²) >= 11 is 0. The van der Waals surface area contributed by atoms with Crippen LogP contribution in [0.25, 0.3) is 0 Å². The van der Waals surface area contributed by atoms with Crippen LogP contribution in [0.5, 0.6) is 0 Å². The van der Waals surface area contributed by atoms with Crippen LogP contribution in [-0.4, -0.2) is 36.6 Å². The molecule has 0 unspecified atom stereocenters. The maximum atomic E-state index is 5.02. The van der Waals surface area contributed by atoms with Gasteiger partial charge in [-0.3, -0.25) is 4.68 Å². The lowest BCUT2D eigenvalue weighted by atomic mass is 10.1. The maximum Gasteiger partial charge on any atom is 0.0628 e. The summed E-state index contributed by atoms with van der Waals surface area (Å²) < 4.78 is 7.19. The monoisotopic (exact) mass is 267 g/mol. The van der Waals surface area contributed by atoms with Crippen molar-refractivity contribution < 1.29 is 4.74 Å². The third-order valence-electron chi connectivity index (χ3n) is 3.48. The van der Waals surface area contributed by atoms with Gasteiger partial charge in [-0.25, -0.2) is 0 Å². The molecule has 1 aromatic rings. The molecule has 0 amide bonds. The van der Waals surface area contributed by atoms with Crippen LogP contribution in [0.1, 0.15) is 37.2 Å². The van der Waals surface area contributed by atoms with Crippen LogP contribution in [0.4, 0.5) is 0 Å². The van der Waals surface area contributed by atoms with Gasteiger partial charge in [0.2, 0.25) is 0 Å². The van der Waals surface area contributed by atoms with E-state index in [-0.39, 0.29) is 0 Å². The molecule has 0 atom stereocenters. The van der Waals surface area contributed by atoms with E-state index >= 15 is 0 Å². The average Bonchev–Trinajstić information content (AvgIpc) is 2.63. The van der Waals surface area contributed by atoms with Gasteiger partial charge in [0, 0.05) is 25.9 Å². The Bertz CT molecular complexity index is 372. The van der Waals surface area contributed by atoms with Crippen molar-refractivity contribution in [2.75, 3.05) is 26.8 Å². The summed E-state index contributed by atoms with van der Waals surface area (Å²) in [6, 6.07) is 0. The van der Waals surface area contributed by atoms with Gasteiger partial charge in [0.05, 0.1) is 12.3 Å². The Labute approximate surface area is 117 Å². The van der Waals surface area contributed by atoms with Gasteiger partial charge in [-0.05, 0) is 44.7 Å². The number of nitrogens with zero attached hydrogens (tertiary/aromatic N) is 2. The van der Waals surface area contributed by atoms with Gasteiger partial charge in [-0.1, -0.05) is 13.8 Å². The molecule has 1 N–H and O–H groups in total. The molecule has 1 heterocycles. The average molecular weight is 267 g/mol. The highest BCUT2D eigenvalue weighted by molar-refractivity contribution is 5.24. The van der Waals surface area contributed by atoms with Crippen LogP contribution in [0.3, 0.4) is 0 Å². The molecular weight excluding hydrogens is 238 g/mol. The third-order valence-corrected chi connectivity index (χ3v) is 3.48. The van der Waals surface area contributed by atoms with Crippen molar-refractivity contribution >= 4 is 0 Å². The van der Waals surface area contributed by atoms with E-state index in [1.807, 2.05) is 0 Å². The number of hydrogen-bond acceptors (Lipinski definition) is 3. The lowest BCUT2D eigenvalue weighted by molar-refractivity contribution is 0.199. The minimum Gasteiger partial charge on any atom is -0.383 e. The Morgan fingerprint density at radius 3 is 2.63 bits per heavy atom. The summed E-state index contributed by atoms with van der Waals surface area (Å²) in [5.41, 5.74) is 3.90. The first-order chi connectivity index (χ1) is 9.06. The fourth-order valence-corrected chi connectivity index (χ4v) is 2.21. The Kier molecular flexibility index (Phi) is 7.10. The van der Waals surface area contributed by atoms with Gasteiger partial charge < -0.3 is 10.1 Å². The SMILES string of the molecule is COCCNCCc1c(C)nn(CCC(C)C)c1C. The van der Waals surface area contributed by atoms with E-state index < -0.39 is 0 Å². The van der Waals surface area contributed by atoms with Crippen molar-refractivity contribution in [1.82, 2.24) is 15.1 Å². The highest BCUT2D eigenvalue weighted by Gasteiger charge is 2.11. The standard InChI is InChI=1S/C15H29N3O/c1-12(2)7-10-18-14(4)15(13(3)17-18)6-8-16-9-11-19-5/h12,16H,6-11H2,1-5H3. The normalized spacial score (nSPS) is 11.5. The second kappa shape index (κ2) is 8.33. The van der Waals surface area contributed by atoms with Gasteiger partial charge in [-0.2, -0.15) is 5.10 Å². The molecule has 0 bridgehead atoms. The second-order valence-corrected chi connectivity index (χ2v) is 5.55. The molecule has 1 aromatic heterocycles. The molecule has 1 rings (SSSR count). The molecule has 110 valence electrons. The molecule has 0 radical (unpaired) electrons. The van der Waals surface area contributed by atoms with Crippen LogP contribution < -0.4 is 5.32 Å². The third kappa shape index (κ3) is 5.33. The summed E-state index contributed by atoms with van der Waals surface area (Å²) in [6.07, 6.45) is 2.23. The molecule has 0 saturated carbocycles. The fraction of sp³-hybridized carbons (Fsp3) is 0.800. The lowest BCUT2D eigenvalue weighted by Crippen LogP contribution is -2.22. The van der Waals surface area contributed by atoms with E-state index in [1.54, 1.807) is 7.11 Å². The van der Waals surface area contributed by atoms with Crippen molar-refractivity contribution in [1.29, 1.82) is 0 Å². The zero-order valence-electron chi connectivity index (χ0n) is 13.1. The molecule has 0 aromatic carbocycles. The maximum absolute atomic E-state index is 5.02. The quantitative estimate of drug-likeness (QED) is 0.698. The van der Waals surface area contributed by atoms with E-state index in [2.05, 4.69) is 42.8 Å². The number of hydrogen-bond donors (Lipinski definition) is 1. The molecule has 0 spiro atoms. The zero-order chi connectivity index (χ0) is 14.3. The summed E-state index contributed by atoms with van der Waals surface area (Å²) in [5.74, 6) is 0.725. The number of aromatic nitrogens is 2. The summed E-state index contributed by atoms with van der Waals surface area (Å²) in [4.78, 5) is 0. The highest BCUT2D eigenvalue weighted by atomic mass is 16.5. The van der Waals surface area contributed by atoms with E-state index in [0.717, 1.165) is 38.6 Å². The van der Waals surface area contributed by atoms with Crippen molar-refractivity contribution in [3.63, 3.8) is 0 Å². The summed E-state index contributed by atoms with van der Waals surface area (Å²) in [5, 5.41) is 8.05. The zero-order valence-corrected chi connectivity index (χ0v) is 13.1. The van der Waals surface area contributed by atoms with Crippen molar-refractivity contribution in [3.8, 4) is 0 Å². The largest absolute Gasteiger partial charge is 0.383 e. The van der Waals surface area contributed by atoms with Gasteiger partial charge in [0.15, 0.2) is 0 Å². The van der Waals surface area contributed by atoms with Crippen LogP contribution >= 0.6 is 0 Å². The van der Waals surface area contributed by atoms with Crippen molar-refractivity contribution in [2.45, 2.75) is 47.1 Å². The number of methoxy groups -OCH3 is 1. The first-order valence-corrected chi connectivity index (χ1v) is 7.28. The van der Waals surface area contributed by atoms with E-state index in [4.69, 9.17) is 4.74 Å². The molecule has 0 aliphatic rings. The number of aryl methyl sites for hydroxylation is 2. The van der Waals surface area contributed by atoms with Crippen LogP contribution in [0.15, 0.2) is 0 Å². The predicted octanol–water partition coefficient (Wildman–Crippen LogP) is 2.32. The first-order valence-electron chi connectivity index (χ1n) is 7.28. The summed E-state index contributed by atoms with van der Waals surface area (Å²) in [7, 11) is 1.73. The van der Waals surface area contributed by atoms with Gasteiger partial charge in [0.1, 0.15) is 0 Å². The van der Waals surface area contributed by atoms with Gasteiger partial charge in [0.25, 0.3) is 0 Å². The number of ether oxygens (including phenoxy) is 1. The predicted molar refractivity (Wildman–Crippen MR) is 79.6 cm³/mol. The molecule has 0 aliphatic carbocycles. The fourth-order valence-electron chi connectivity index (χ4n) is 2.21. The topological polar surface area (TPSA) is 39.1 Å². The number of nitrogens with one attached hydrogen (secondary N) is 1. The minimum atomic E-state index is 0.725. The highest BCUT2D eigenvalue weighted by Crippen LogP contribution is 2.15. The van der Waals surface area contributed by atoms with Crippen LogP contribution in [-0.2, 0) is 17.7 Å². The Hall–Kier alpha value is -0.870. The van der Waals surface area contributed by atoms with E-state index in [1.165, 1.54) is 23.4 Å². The number of rotatable bonds is 9. The molecule has 19 heavy (non-hydrogen) atoms. The smallest absolute Gasteiger partial charge is 0.0628 e. The first kappa shape index (κ1) is 16.2. The molecular formula is C15H29N3O. The van der Waals surface area contributed by atoms with Gasteiger partial charge >= 0.3 is 0 Å². The molecule has 4 heteroatoms. The second-order valence-electron chi connectivity index (χ2n) is 5.55. The van der Waals surface area contributed by atoms with Crippen LogP contribution in [0, 0.1) is 19.8 Å². The van der Waals surface area contributed by atoms with Crippen LogP contribution in [0.2, 0.25) is 0 Å². The summed E-state index contributed by atoms with van der Waals surface area (Å²) in [6.45, 7) is 12.5. The minimum absolute atomic E-state index is 0.725. The molecule has 0 aliphatic heterocycles. The van der Waals surface area contributed by atoms with Gasteiger partial charge in [-0.15, -0.1) is 0 Å². The van der Waals surface area contributed by atoms with Crippen molar-refractivity contribution in [3.05, 3.63) is 17.0 Å².